The average molecular weight is 245 g/mol. The molecule has 0 saturated carbocycles. The number of hydrogen-bond acceptors (Lipinski definition) is 4. The molecule has 1 N–H and O–H groups in total. The van der Waals surface area contributed by atoms with Crippen LogP contribution in [0.1, 0.15) is 5.69 Å². The zero-order chi connectivity index (χ0) is 13.0. The minimum atomic E-state index is -0.162. The van der Waals surface area contributed by atoms with E-state index >= 15 is 0 Å². The monoisotopic (exact) mass is 245 g/mol. The van der Waals surface area contributed by atoms with E-state index in [1.165, 1.54) is 0 Å². The summed E-state index contributed by atoms with van der Waals surface area (Å²) in [7, 11) is 1.61. The first-order valence-electron chi connectivity index (χ1n) is 5.59. The van der Waals surface area contributed by atoms with Gasteiger partial charge in [-0.1, -0.05) is 23.4 Å². The Morgan fingerprint density at radius 2 is 2.22 bits per heavy atom. The van der Waals surface area contributed by atoms with Gasteiger partial charge in [0.1, 0.15) is 11.4 Å². The lowest BCUT2D eigenvalue weighted by Crippen LogP contribution is -2.02. The van der Waals surface area contributed by atoms with Crippen molar-refractivity contribution in [2.24, 2.45) is 0 Å². The van der Waals surface area contributed by atoms with Crippen LogP contribution >= 0.6 is 0 Å². The zero-order valence-corrected chi connectivity index (χ0v) is 10.2. The second kappa shape index (κ2) is 5.46. The number of para-hydroxylation sites is 1. The van der Waals surface area contributed by atoms with E-state index in [2.05, 4.69) is 16.9 Å². The topological polar surface area (TPSA) is 60.2 Å². The van der Waals surface area contributed by atoms with Gasteiger partial charge in [-0.15, -0.1) is 11.7 Å². The molecule has 0 unspecified atom stereocenters. The maximum Gasteiger partial charge on any atom is 0.128 e. The van der Waals surface area contributed by atoms with E-state index < -0.39 is 0 Å². The molecule has 0 fully saturated rings. The molecule has 0 aliphatic rings. The molecule has 0 saturated heterocycles. The summed E-state index contributed by atoms with van der Waals surface area (Å²) in [6, 6.07) is 7.57. The lowest BCUT2D eigenvalue weighted by Gasteiger charge is -2.10. The maximum absolute atomic E-state index is 9.34. The number of aromatic nitrogens is 3. The molecule has 0 aliphatic carbocycles. The highest BCUT2D eigenvalue weighted by Gasteiger charge is 2.16. The van der Waals surface area contributed by atoms with Crippen LogP contribution in [-0.2, 0) is 13.2 Å². The van der Waals surface area contributed by atoms with Crippen LogP contribution in [0.5, 0.6) is 5.75 Å². The van der Waals surface area contributed by atoms with Crippen LogP contribution in [-0.4, -0.2) is 27.2 Å². The molecule has 1 aromatic heterocycles. The molecule has 5 nitrogen and oxygen atoms in total. The number of allylic oxidation sites excluding steroid dienone is 1. The summed E-state index contributed by atoms with van der Waals surface area (Å²) in [6.45, 7) is 4.05. The summed E-state index contributed by atoms with van der Waals surface area (Å²) in [4.78, 5) is 0. The van der Waals surface area contributed by atoms with E-state index in [0.717, 1.165) is 17.0 Å². The van der Waals surface area contributed by atoms with Gasteiger partial charge in [0.2, 0.25) is 0 Å². The van der Waals surface area contributed by atoms with Gasteiger partial charge in [0.15, 0.2) is 0 Å². The smallest absolute Gasteiger partial charge is 0.128 e. The number of rotatable bonds is 5. The third kappa shape index (κ3) is 2.12. The lowest BCUT2D eigenvalue weighted by molar-refractivity contribution is 0.277. The van der Waals surface area contributed by atoms with Crippen molar-refractivity contribution in [2.45, 2.75) is 13.2 Å². The fraction of sp³-hybridized carbons (Fsp3) is 0.231. The molecule has 18 heavy (non-hydrogen) atoms. The quantitative estimate of drug-likeness (QED) is 0.813. The Labute approximate surface area is 105 Å². The Balaban J connectivity index is 2.60. The SMILES string of the molecule is C=CCn1nnc(CO)c1-c1ccccc1OC. The van der Waals surface area contributed by atoms with Crippen molar-refractivity contribution in [1.82, 2.24) is 15.0 Å². The summed E-state index contributed by atoms with van der Waals surface area (Å²) in [5.41, 5.74) is 2.15. The van der Waals surface area contributed by atoms with Crippen molar-refractivity contribution >= 4 is 0 Å². The molecule has 0 bridgehead atoms. The van der Waals surface area contributed by atoms with Crippen LogP contribution in [0.15, 0.2) is 36.9 Å². The van der Waals surface area contributed by atoms with Gasteiger partial charge >= 0.3 is 0 Å². The van der Waals surface area contributed by atoms with Gasteiger partial charge in [-0.05, 0) is 12.1 Å². The summed E-state index contributed by atoms with van der Waals surface area (Å²) in [5, 5.41) is 17.3. The molecule has 0 spiro atoms. The van der Waals surface area contributed by atoms with E-state index in [9.17, 15) is 5.11 Å². The summed E-state index contributed by atoms with van der Waals surface area (Å²) in [6.07, 6.45) is 1.73. The Morgan fingerprint density at radius 1 is 1.44 bits per heavy atom. The molecule has 94 valence electrons. The molecule has 0 aliphatic heterocycles. The van der Waals surface area contributed by atoms with Crippen molar-refractivity contribution in [2.75, 3.05) is 7.11 Å². The normalized spacial score (nSPS) is 10.3. The minimum absolute atomic E-state index is 0.162. The maximum atomic E-state index is 9.34. The van der Waals surface area contributed by atoms with Crippen LogP contribution in [0.25, 0.3) is 11.3 Å². The van der Waals surface area contributed by atoms with E-state index in [1.54, 1.807) is 17.9 Å². The summed E-state index contributed by atoms with van der Waals surface area (Å²) >= 11 is 0. The zero-order valence-electron chi connectivity index (χ0n) is 10.2. The lowest BCUT2D eigenvalue weighted by atomic mass is 10.1. The van der Waals surface area contributed by atoms with Gasteiger partial charge < -0.3 is 9.84 Å². The molecule has 1 aromatic carbocycles. The highest BCUT2D eigenvalue weighted by molar-refractivity contribution is 5.69. The van der Waals surface area contributed by atoms with Crippen LogP contribution in [0, 0.1) is 0 Å². The van der Waals surface area contributed by atoms with Gasteiger partial charge in [-0.25, -0.2) is 4.68 Å². The highest BCUT2D eigenvalue weighted by Crippen LogP contribution is 2.31. The van der Waals surface area contributed by atoms with Gasteiger partial charge in [0.05, 0.1) is 26.0 Å². The van der Waals surface area contributed by atoms with Crippen molar-refractivity contribution in [3.63, 3.8) is 0 Å². The van der Waals surface area contributed by atoms with Crippen LogP contribution in [0.2, 0.25) is 0 Å². The predicted octanol–water partition coefficient (Wildman–Crippen LogP) is 1.63. The molecule has 2 aromatic rings. The second-order valence-corrected chi connectivity index (χ2v) is 3.71. The third-order valence-corrected chi connectivity index (χ3v) is 2.62. The highest BCUT2D eigenvalue weighted by atomic mass is 16.5. The van der Waals surface area contributed by atoms with Gasteiger partial charge in [0.25, 0.3) is 0 Å². The van der Waals surface area contributed by atoms with Crippen molar-refractivity contribution in [3.05, 3.63) is 42.6 Å². The van der Waals surface area contributed by atoms with Crippen LogP contribution < -0.4 is 4.74 Å². The number of hydrogen-bond donors (Lipinski definition) is 1. The number of methoxy groups -OCH3 is 1. The first-order valence-corrected chi connectivity index (χ1v) is 5.59. The van der Waals surface area contributed by atoms with Gasteiger partial charge in [0, 0.05) is 5.56 Å². The molecule has 1 heterocycles. The van der Waals surface area contributed by atoms with Crippen LogP contribution in [0.4, 0.5) is 0 Å². The molecule has 0 atom stereocenters. The molecular weight excluding hydrogens is 230 g/mol. The summed E-state index contributed by atoms with van der Waals surface area (Å²) in [5.74, 6) is 0.722. The number of aliphatic hydroxyl groups is 1. The van der Waals surface area contributed by atoms with Crippen molar-refractivity contribution in [3.8, 4) is 17.0 Å². The summed E-state index contributed by atoms with van der Waals surface area (Å²) < 4.78 is 7.02. The number of aliphatic hydroxyl groups excluding tert-OH is 1. The predicted molar refractivity (Wildman–Crippen MR) is 68.1 cm³/mol. The fourth-order valence-electron chi connectivity index (χ4n) is 1.84. The molecular formula is C13H15N3O2. The van der Waals surface area contributed by atoms with E-state index in [1.807, 2.05) is 24.3 Å². The largest absolute Gasteiger partial charge is 0.496 e. The fourth-order valence-corrected chi connectivity index (χ4v) is 1.84. The Kier molecular flexibility index (Phi) is 3.74. The van der Waals surface area contributed by atoms with Crippen LogP contribution in [0.3, 0.4) is 0 Å². The number of nitrogens with zero attached hydrogens (tertiary/aromatic N) is 3. The Bertz CT molecular complexity index is 549. The Hall–Kier alpha value is -2.14. The van der Waals surface area contributed by atoms with E-state index in [-0.39, 0.29) is 6.61 Å². The van der Waals surface area contributed by atoms with E-state index in [4.69, 9.17) is 4.74 Å². The van der Waals surface area contributed by atoms with Gasteiger partial charge in [-0.3, -0.25) is 0 Å². The average Bonchev–Trinajstić information content (AvgIpc) is 2.82. The first-order chi connectivity index (χ1) is 8.81. The van der Waals surface area contributed by atoms with E-state index in [0.29, 0.717) is 12.2 Å². The van der Waals surface area contributed by atoms with Crippen molar-refractivity contribution in [1.29, 1.82) is 0 Å². The number of ether oxygens (including phenoxy) is 1. The Morgan fingerprint density at radius 3 is 2.89 bits per heavy atom. The van der Waals surface area contributed by atoms with Gasteiger partial charge in [-0.2, -0.15) is 0 Å². The number of benzene rings is 1. The molecule has 0 radical (unpaired) electrons. The van der Waals surface area contributed by atoms with Crippen molar-refractivity contribution < 1.29 is 9.84 Å². The molecule has 0 amide bonds. The second-order valence-electron chi connectivity index (χ2n) is 3.71. The standard InChI is InChI=1S/C13H15N3O2/c1-3-8-16-13(11(9-17)14-15-16)10-6-4-5-7-12(10)18-2/h3-7,17H,1,8-9H2,2H3. The molecule has 2 rings (SSSR count). The first kappa shape index (κ1) is 12.3. The third-order valence-electron chi connectivity index (χ3n) is 2.62. The molecule has 5 heteroatoms. The minimum Gasteiger partial charge on any atom is -0.496 e.